The molecule has 0 aromatic heterocycles. The van der Waals surface area contributed by atoms with Crippen LogP contribution in [-0.2, 0) is 20.9 Å². The Kier molecular flexibility index (Phi) is 33.4. The third kappa shape index (κ3) is 24.7. The predicted molar refractivity (Wildman–Crippen MR) is 263 cm³/mol. The Morgan fingerprint density at radius 2 is 1.12 bits per heavy atom. The smallest absolute Gasteiger partial charge is 0.417 e. The first-order chi connectivity index (χ1) is 31.6. The van der Waals surface area contributed by atoms with Crippen LogP contribution in [0.3, 0.4) is 0 Å². The van der Waals surface area contributed by atoms with E-state index in [4.69, 9.17) is 15.2 Å². The number of imide groups is 1. The number of nitrogens with zero attached hydrogens (tertiary/aromatic N) is 2. The van der Waals surface area contributed by atoms with Gasteiger partial charge in [0.15, 0.2) is 6.23 Å². The summed E-state index contributed by atoms with van der Waals surface area (Å²) in [6.07, 6.45) is 26.6. The summed E-state index contributed by atoms with van der Waals surface area (Å²) in [5, 5.41) is 36.4. The minimum Gasteiger partial charge on any atom is -0.444 e. The second-order valence-corrected chi connectivity index (χ2v) is 19.3. The van der Waals surface area contributed by atoms with Gasteiger partial charge in [0.1, 0.15) is 31.0 Å². The van der Waals surface area contributed by atoms with Gasteiger partial charge in [0.05, 0.1) is 12.6 Å². The second kappa shape index (κ2) is 37.2. The van der Waals surface area contributed by atoms with Crippen molar-refractivity contribution in [3.63, 3.8) is 0 Å². The molecule has 1 aliphatic rings. The maximum atomic E-state index is 14.3. The molecule has 0 spiro atoms. The number of amides is 4. The third-order valence-corrected chi connectivity index (χ3v) is 13.0. The lowest BCUT2D eigenvalue weighted by Crippen LogP contribution is -2.72. The molecule has 6 N–H and O–H groups in total. The summed E-state index contributed by atoms with van der Waals surface area (Å²) >= 11 is 0. The molecule has 12 nitrogen and oxygen atoms in total. The van der Waals surface area contributed by atoms with E-state index in [2.05, 4.69) is 19.2 Å². The molecule has 0 unspecified atom stereocenters. The number of rotatable bonds is 38. The highest BCUT2D eigenvalue weighted by Gasteiger charge is 2.54. The number of aliphatic hydroxyl groups excluding tert-OH is 3. The summed E-state index contributed by atoms with van der Waals surface area (Å²) in [7, 11) is 0. The van der Waals surface area contributed by atoms with Crippen LogP contribution in [0.2, 0.25) is 0 Å². The average Bonchev–Trinajstić information content (AvgIpc) is 3.30. The molecule has 4 amide bonds. The van der Waals surface area contributed by atoms with Crippen LogP contribution < -0.4 is 11.1 Å². The van der Waals surface area contributed by atoms with E-state index in [0.717, 1.165) is 49.8 Å². The standard InChI is InChI=1S/C53H96N4O8/c1-5-7-9-11-13-15-17-19-20-21-22-23-25-27-29-34-38-55-52(62)56(39-35-30-28-26-24-18-16-14-12-10-8-6-2)51-47(49(60)48(59)46(41-58)65-51)57(50(61)45(54)40-43(3)4)53(63)64-42-44-36-32-31-33-37-44/h31-33,36-37,43,45-49,51,58-60H,5-30,34-35,38-42,54H2,1-4H3,(H,55,62)/t45-,46+,47+,48+,49+,51+/m0/s1. The van der Waals surface area contributed by atoms with Gasteiger partial charge in [0.2, 0.25) is 5.91 Å². The summed E-state index contributed by atoms with van der Waals surface area (Å²) in [5.41, 5.74) is 7.11. The van der Waals surface area contributed by atoms with Crippen LogP contribution in [-0.4, -0.2) is 99.5 Å². The second-order valence-electron chi connectivity index (χ2n) is 19.3. The molecule has 0 radical (unpaired) electrons. The molecule has 1 heterocycles. The van der Waals surface area contributed by atoms with Gasteiger partial charge in [-0.05, 0) is 30.7 Å². The van der Waals surface area contributed by atoms with Gasteiger partial charge >= 0.3 is 12.1 Å². The topological polar surface area (TPSA) is 175 Å². The van der Waals surface area contributed by atoms with Crippen molar-refractivity contribution in [1.29, 1.82) is 0 Å². The first kappa shape index (κ1) is 58.4. The largest absolute Gasteiger partial charge is 0.444 e. The summed E-state index contributed by atoms with van der Waals surface area (Å²) in [6.45, 7) is 8.10. The summed E-state index contributed by atoms with van der Waals surface area (Å²) in [5.74, 6) is -0.815. The minimum atomic E-state index is -1.79. The zero-order valence-electron chi connectivity index (χ0n) is 41.6. The molecule has 12 heteroatoms. The van der Waals surface area contributed by atoms with Crippen molar-refractivity contribution in [3.8, 4) is 0 Å². The Balaban J connectivity index is 2.14. The molecule has 1 aromatic rings. The number of aliphatic hydroxyl groups is 3. The van der Waals surface area contributed by atoms with E-state index in [1.165, 1.54) is 133 Å². The molecule has 1 fully saturated rings. The van der Waals surface area contributed by atoms with E-state index in [-0.39, 0.29) is 25.5 Å². The van der Waals surface area contributed by atoms with Gasteiger partial charge in [-0.2, -0.15) is 0 Å². The Hall–Kier alpha value is -2.77. The van der Waals surface area contributed by atoms with Gasteiger partial charge in [-0.1, -0.05) is 225 Å². The van der Waals surface area contributed by atoms with Gasteiger partial charge in [-0.15, -0.1) is 0 Å². The fraction of sp³-hybridized carbons (Fsp3) is 0.830. The van der Waals surface area contributed by atoms with E-state index in [9.17, 15) is 29.7 Å². The van der Waals surface area contributed by atoms with Crippen LogP contribution in [0.15, 0.2) is 30.3 Å². The highest BCUT2D eigenvalue weighted by molar-refractivity contribution is 5.95. The summed E-state index contributed by atoms with van der Waals surface area (Å²) < 4.78 is 12.0. The molecule has 1 aromatic carbocycles. The van der Waals surface area contributed by atoms with Gasteiger partial charge in [0.25, 0.3) is 0 Å². The van der Waals surface area contributed by atoms with Crippen molar-refractivity contribution < 1.29 is 39.2 Å². The molecule has 1 aliphatic heterocycles. The molecule has 6 atom stereocenters. The quantitative estimate of drug-likeness (QED) is 0.0404. The molecule has 0 saturated carbocycles. The van der Waals surface area contributed by atoms with Crippen molar-refractivity contribution in [2.24, 2.45) is 11.7 Å². The lowest BCUT2D eigenvalue weighted by molar-refractivity contribution is -0.238. The van der Waals surface area contributed by atoms with Gasteiger partial charge < -0.3 is 35.8 Å². The van der Waals surface area contributed by atoms with Crippen LogP contribution >= 0.6 is 0 Å². The molecular weight excluding hydrogens is 821 g/mol. The van der Waals surface area contributed by atoms with E-state index >= 15 is 0 Å². The first-order valence-corrected chi connectivity index (χ1v) is 26.5. The number of unbranched alkanes of at least 4 members (excludes halogenated alkanes) is 26. The molecule has 376 valence electrons. The Morgan fingerprint density at radius 3 is 1.57 bits per heavy atom. The highest BCUT2D eigenvalue weighted by Crippen LogP contribution is 2.30. The van der Waals surface area contributed by atoms with Crippen molar-refractivity contribution in [1.82, 2.24) is 15.1 Å². The number of nitrogens with one attached hydrogen (secondary N) is 1. The third-order valence-electron chi connectivity index (χ3n) is 13.0. The van der Waals surface area contributed by atoms with Crippen LogP contribution in [0.4, 0.5) is 9.59 Å². The number of urea groups is 1. The van der Waals surface area contributed by atoms with Gasteiger partial charge in [-0.3, -0.25) is 9.69 Å². The summed E-state index contributed by atoms with van der Waals surface area (Å²) in [4.78, 5) is 44.9. The summed E-state index contributed by atoms with van der Waals surface area (Å²) in [6, 6.07) is 5.80. The lowest BCUT2D eigenvalue weighted by Gasteiger charge is -2.49. The number of hydrogen-bond acceptors (Lipinski definition) is 9. The average molecular weight is 917 g/mol. The number of carbonyl (C=O) groups excluding carboxylic acids is 3. The maximum Gasteiger partial charge on any atom is 0.417 e. The van der Waals surface area contributed by atoms with Crippen molar-refractivity contribution in [3.05, 3.63) is 35.9 Å². The zero-order valence-corrected chi connectivity index (χ0v) is 41.6. The fourth-order valence-corrected chi connectivity index (χ4v) is 8.99. The SMILES string of the molecule is CCCCCCCCCCCCCCCCCCNC(=O)N(CCCCCCCCCCCCCC)[C@@H]1O[C@H](CO)[C@@H](O)[C@H](O)[C@H]1N(C(=O)OCc1ccccc1)C(=O)[C@@H](N)CC(C)C. The Bertz CT molecular complexity index is 1340. The lowest BCUT2D eigenvalue weighted by atomic mass is 9.93. The van der Waals surface area contributed by atoms with Crippen molar-refractivity contribution >= 4 is 18.0 Å². The van der Waals surface area contributed by atoms with E-state index in [0.29, 0.717) is 18.5 Å². The molecule has 2 rings (SSSR count). The minimum absolute atomic E-state index is 0.00133. The van der Waals surface area contributed by atoms with E-state index in [1.807, 2.05) is 19.9 Å². The van der Waals surface area contributed by atoms with Crippen molar-refractivity contribution in [2.45, 2.75) is 257 Å². The van der Waals surface area contributed by atoms with Crippen LogP contribution in [0.1, 0.15) is 219 Å². The molecule has 0 bridgehead atoms. The fourth-order valence-electron chi connectivity index (χ4n) is 8.99. The molecule has 0 aliphatic carbocycles. The Morgan fingerprint density at radius 1 is 0.677 bits per heavy atom. The van der Waals surface area contributed by atoms with Crippen LogP contribution in [0.5, 0.6) is 0 Å². The zero-order chi connectivity index (χ0) is 47.5. The number of nitrogens with two attached hydrogens (primary N) is 1. The highest BCUT2D eigenvalue weighted by atomic mass is 16.6. The van der Waals surface area contributed by atoms with E-state index < -0.39 is 61.3 Å². The molecular formula is C53H96N4O8. The number of carbonyl (C=O) groups is 3. The number of ether oxygens (including phenoxy) is 2. The normalized spacial score (nSPS) is 19.0. The first-order valence-electron chi connectivity index (χ1n) is 26.5. The van der Waals surface area contributed by atoms with Crippen molar-refractivity contribution in [2.75, 3.05) is 19.7 Å². The van der Waals surface area contributed by atoms with Gasteiger partial charge in [0, 0.05) is 13.1 Å². The monoisotopic (exact) mass is 917 g/mol. The molecule has 1 saturated heterocycles. The Labute approximate surface area is 395 Å². The van der Waals surface area contributed by atoms with Crippen LogP contribution in [0, 0.1) is 5.92 Å². The number of benzene rings is 1. The van der Waals surface area contributed by atoms with Gasteiger partial charge in [-0.25, -0.2) is 14.5 Å². The van der Waals surface area contributed by atoms with Crippen LogP contribution in [0.25, 0.3) is 0 Å². The predicted octanol–water partition coefficient (Wildman–Crippen LogP) is 11.3. The van der Waals surface area contributed by atoms with E-state index in [1.54, 1.807) is 24.3 Å². The molecule has 65 heavy (non-hydrogen) atoms. The number of hydrogen-bond donors (Lipinski definition) is 5. The maximum absolute atomic E-state index is 14.3.